The summed E-state index contributed by atoms with van der Waals surface area (Å²) in [5.74, 6) is 1.76. The van der Waals surface area contributed by atoms with Crippen molar-refractivity contribution in [2.24, 2.45) is 4.99 Å². The Bertz CT molecular complexity index is 908. The van der Waals surface area contributed by atoms with E-state index in [2.05, 4.69) is 69.9 Å². The van der Waals surface area contributed by atoms with Crippen LogP contribution in [0, 0.1) is 6.92 Å². The number of nitrogens with zero attached hydrogens (tertiary/aromatic N) is 2. The maximum absolute atomic E-state index is 6.21. The Morgan fingerprint density at radius 2 is 2.06 bits per heavy atom. The highest BCUT2D eigenvalue weighted by molar-refractivity contribution is 5.79. The minimum atomic E-state index is 0.148. The average Bonchev–Trinajstić information content (AvgIpc) is 3.32. The molecular weight excluding hydrogens is 400 g/mol. The van der Waals surface area contributed by atoms with Crippen LogP contribution in [-0.4, -0.2) is 56.9 Å². The lowest BCUT2D eigenvalue weighted by Gasteiger charge is -2.28. The van der Waals surface area contributed by atoms with Gasteiger partial charge in [0.1, 0.15) is 11.9 Å². The van der Waals surface area contributed by atoms with Crippen LogP contribution in [0.2, 0.25) is 0 Å². The van der Waals surface area contributed by atoms with Crippen LogP contribution in [0.1, 0.15) is 35.1 Å². The number of benzene rings is 2. The smallest absolute Gasteiger partial charge is 0.191 e. The minimum absolute atomic E-state index is 0.148. The molecule has 4 rings (SSSR count). The van der Waals surface area contributed by atoms with E-state index in [1.807, 2.05) is 7.05 Å². The zero-order valence-electron chi connectivity index (χ0n) is 19.4. The van der Waals surface area contributed by atoms with Gasteiger partial charge in [0.15, 0.2) is 5.96 Å². The van der Waals surface area contributed by atoms with Gasteiger partial charge in [-0.3, -0.25) is 9.89 Å². The molecule has 0 aliphatic carbocycles. The summed E-state index contributed by atoms with van der Waals surface area (Å²) in [4.78, 5) is 6.93. The lowest BCUT2D eigenvalue weighted by atomic mass is 10.00. The summed E-state index contributed by atoms with van der Waals surface area (Å²) in [6, 6.07) is 15.2. The standard InChI is InChI=1S/C26H36N4O2/c1-20-8-9-22(25(16-20)32-24-11-15-31-19-24)17-29-26(27-2)28-12-5-13-30-14-10-21-6-3-4-7-23(21)18-30/h3-4,6-9,16,24H,5,10-15,17-19H2,1-2H3,(H2,27,28,29). The maximum Gasteiger partial charge on any atom is 0.191 e. The van der Waals surface area contributed by atoms with Gasteiger partial charge in [-0.2, -0.15) is 0 Å². The molecule has 6 heteroatoms. The predicted octanol–water partition coefficient (Wildman–Crippen LogP) is 3.28. The Balaban J connectivity index is 1.21. The minimum Gasteiger partial charge on any atom is -0.488 e. The Labute approximate surface area is 192 Å². The van der Waals surface area contributed by atoms with Crippen LogP contribution < -0.4 is 15.4 Å². The fourth-order valence-corrected chi connectivity index (χ4v) is 4.36. The summed E-state index contributed by atoms with van der Waals surface area (Å²) in [5, 5.41) is 6.89. The first kappa shape index (κ1) is 22.6. The lowest BCUT2D eigenvalue weighted by molar-refractivity contribution is 0.140. The van der Waals surface area contributed by atoms with Crippen LogP contribution in [0.25, 0.3) is 0 Å². The third-order valence-corrected chi connectivity index (χ3v) is 6.23. The van der Waals surface area contributed by atoms with Crippen molar-refractivity contribution in [1.82, 2.24) is 15.5 Å². The van der Waals surface area contributed by atoms with Crippen LogP contribution in [0.4, 0.5) is 0 Å². The fraction of sp³-hybridized carbons (Fsp3) is 0.500. The molecule has 2 heterocycles. The summed E-state index contributed by atoms with van der Waals surface area (Å²) in [7, 11) is 1.82. The van der Waals surface area contributed by atoms with Crippen LogP contribution in [0.5, 0.6) is 5.75 Å². The first-order valence-electron chi connectivity index (χ1n) is 11.8. The van der Waals surface area contributed by atoms with Gasteiger partial charge in [-0.1, -0.05) is 36.4 Å². The van der Waals surface area contributed by atoms with Gasteiger partial charge in [-0.15, -0.1) is 0 Å². The number of hydrogen-bond donors (Lipinski definition) is 2. The topological polar surface area (TPSA) is 58.1 Å². The number of ether oxygens (including phenoxy) is 2. The number of guanidine groups is 1. The van der Waals surface area contributed by atoms with E-state index in [0.29, 0.717) is 13.2 Å². The summed E-state index contributed by atoms with van der Waals surface area (Å²) in [6.45, 7) is 8.42. The molecule has 0 bridgehead atoms. The van der Waals surface area contributed by atoms with Crippen molar-refractivity contribution in [3.8, 4) is 5.75 Å². The number of aliphatic imine (C=N–C) groups is 1. The van der Waals surface area contributed by atoms with Gasteiger partial charge in [0.05, 0.1) is 13.2 Å². The molecule has 0 aromatic heterocycles. The summed E-state index contributed by atoms with van der Waals surface area (Å²) < 4.78 is 11.7. The molecule has 1 atom stereocenters. The fourth-order valence-electron chi connectivity index (χ4n) is 4.36. The molecule has 0 radical (unpaired) electrons. The third-order valence-electron chi connectivity index (χ3n) is 6.23. The molecule has 2 aromatic carbocycles. The first-order valence-corrected chi connectivity index (χ1v) is 11.8. The van der Waals surface area contributed by atoms with Crippen molar-refractivity contribution in [1.29, 1.82) is 0 Å². The zero-order valence-corrected chi connectivity index (χ0v) is 19.4. The highest BCUT2D eigenvalue weighted by Gasteiger charge is 2.19. The van der Waals surface area contributed by atoms with Gasteiger partial charge >= 0.3 is 0 Å². The van der Waals surface area contributed by atoms with Gasteiger partial charge in [0.2, 0.25) is 0 Å². The molecule has 0 amide bonds. The second-order valence-electron chi connectivity index (χ2n) is 8.72. The zero-order chi connectivity index (χ0) is 22.2. The molecule has 2 N–H and O–H groups in total. The van der Waals surface area contributed by atoms with Crippen LogP contribution in [0.3, 0.4) is 0 Å². The van der Waals surface area contributed by atoms with Gasteiger partial charge < -0.3 is 20.1 Å². The third kappa shape index (κ3) is 6.24. The van der Waals surface area contributed by atoms with Gasteiger partial charge in [0, 0.05) is 51.8 Å². The highest BCUT2D eigenvalue weighted by Crippen LogP contribution is 2.24. The highest BCUT2D eigenvalue weighted by atomic mass is 16.5. The van der Waals surface area contributed by atoms with Crippen LogP contribution >= 0.6 is 0 Å². The van der Waals surface area contributed by atoms with Gasteiger partial charge in [0.25, 0.3) is 0 Å². The van der Waals surface area contributed by atoms with Crippen molar-refractivity contribution in [3.63, 3.8) is 0 Å². The second kappa shape index (κ2) is 11.3. The molecule has 2 aliphatic rings. The van der Waals surface area contributed by atoms with Crippen LogP contribution in [0.15, 0.2) is 47.5 Å². The van der Waals surface area contributed by atoms with E-state index in [-0.39, 0.29) is 6.10 Å². The van der Waals surface area contributed by atoms with Gasteiger partial charge in [-0.25, -0.2) is 0 Å². The first-order chi connectivity index (χ1) is 15.7. The predicted molar refractivity (Wildman–Crippen MR) is 129 cm³/mol. The van der Waals surface area contributed by atoms with Crippen molar-refractivity contribution in [2.75, 3.05) is 39.9 Å². The van der Waals surface area contributed by atoms with Crippen molar-refractivity contribution >= 4 is 5.96 Å². The molecule has 6 nitrogen and oxygen atoms in total. The molecule has 0 saturated carbocycles. The van der Waals surface area contributed by atoms with Crippen molar-refractivity contribution in [3.05, 3.63) is 64.7 Å². The van der Waals surface area contributed by atoms with E-state index in [1.54, 1.807) is 0 Å². The molecule has 32 heavy (non-hydrogen) atoms. The quantitative estimate of drug-likeness (QED) is 0.378. The Morgan fingerprint density at radius 1 is 1.19 bits per heavy atom. The molecule has 1 saturated heterocycles. The maximum atomic E-state index is 6.21. The number of aryl methyl sites for hydroxylation is 1. The second-order valence-corrected chi connectivity index (χ2v) is 8.72. The summed E-state index contributed by atoms with van der Waals surface area (Å²) in [6.07, 6.45) is 3.34. The SMILES string of the molecule is CN=C(NCCCN1CCc2ccccc2C1)NCc1ccc(C)cc1OC1CCOC1. The van der Waals surface area contributed by atoms with E-state index in [4.69, 9.17) is 9.47 Å². The summed E-state index contributed by atoms with van der Waals surface area (Å²) in [5.41, 5.74) is 5.32. The largest absolute Gasteiger partial charge is 0.488 e. The van der Waals surface area contributed by atoms with E-state index < -0.39 is 0 Å². The number of rotatable bonds is 8. The van der Waals surface area contributed by atoms with E-state index in [9.17, 15) is 0 Å². The molecule has 0 spiro atoms. The Kier molecular flexibility index (Phi) is 8.02. The molecule has 1 fully saturated rings. The molecular formula is C26H36N4O2. The number of hydrogen-bond acceptors (Lipinski definition) is 4. The summed E-state index contributed by atoms with van der Waals surface area (Å²) >= 11 is 0. The van der Waals surface area contributed by atoms with Crippen LogP contribution in [-0.2, 0) is 24.2 Å². The molecule has 2 aromatic rings. The van der Waals surface area contributed by atoms with E-state index in [0.717, 1.165) is 69.3 Å². The monoisotopic (exact) mass is 436 g/mol. The molecule has 1 unspecified atom stereocenters. The molecule has 2 aliphatic heterocycles. The Hall–Kier alpha value is -2.57. The average molecular weight is 437 g/mol. The number of fused-ring (bicyclic) bond motifs is 1. The lowest BCUT2D eigenvalue weighted by Crippen LogP contribution is -2.39. The van der Waals surface area contributed by atoms with E-state index in [1.165, 1.54) is 16.7 Å². The van der Waals surface area contributed by atoms with Crippen molar-refractivity contribution in [2.45, 2.75) is 45.4 Å². The normalized spacial score (nSPS) is 18.9. The Morgan fingerprint density at radius 3 is 2.88 bits per heavy atom. The van der Waals surface area contributed by atoms with Gasteiger partial charge in [-0.05, 0) is 42.5 Å². The van der Waals surface area contributed by atoms with Crippen molar-refractivity contribution < 1.29 is 9.47 Å². The molecule has 172 valence electrons. The van der Waals surface area contributed by atoms with E-state index >= 15 is 0 Å². The number of nitrogens with one attached hydrogen (secondary N) is 2.